The SMILES string of the molecule is COc1ccc(NC(=O)c2cc(NC3CCCCCC3)nc(C)n2)c(OC)c1. The van der Waals surface area contributed by atoms with Gasteiger partial charge in [0.05, 0.1) is 19.9 Å². The maximum absolute atomic E-state index is 12.8. The van der Waals surface area contributed by atoms with Gasteiger partial charge in [0.25, 0.3) is 5.91 Å². The average molecular weight is 384 g/mol. The molecule has 1 saturated carbocycles. The van der Waals surface area contributed by atoms with Crippen LogP contribution in [0.15, 0.2) is 24.3 Å². The second-order valence-corrected chi connectivity index (χ2v) is 7.04. The summed E-state index contributed by atoms with van der Waals surface area (Å²) in [6.07, 6.45) is 7.30. The smallest absolute Gasteiger partial charge is 0.274 e. The summed E-state index contributed by atoms with van der Waals surface area (Å²) in [7, 11) is 3.13. The van der Waals surface area contributed by atoms with Crippen LogP contribution >= 0.6 is 0 Å². The zero-order valence-electron chi connectivity index (χ0n) is 16.7. The summed E-state index contributed by atoms with van der Waals surface area (Å²) in [6, 6.07) is 7.34. The highest BCUT2D eigenvalue weighted by Gasteiger charge is 2.16. The van der Waals surface area contributed by atoms with Gasteiger partial charge < -0.3 is 20.1 Å². The number of hydrogen-bond donors (Lipinski definition) is 2. The zero-order valence-corrected chi connectivity index (χ0v) is 16.7. The van der Waals surface area contributed by atoms with Crippen molar-refractivity contribution in [2.45, 2.75) is 51.5 Å². The van der Waals surface area contributed by atoms with Crippen LogP contribution in [0.25, 0.3) is 0 Å². The van der Waals surface area contributed by atoms with Crippen LogP contribution in [0.5, 0.6) is 11.5 Å². The number of carbonyl (C=O) groups is 1. The van der Waals surface area contributed by atoms with Gasteiger partial charge >= 0.3 is 0 Å². The number of aryl methyl sites for hydroxylation is 1. The quantitative estimate of drug-likeness (QED) is 0.727. The van der Waals surface area contributed by atoms with Crippen molar-refractivity contribution in [3.8, 4) is 11.5 Å². The number of nitrogens with one attached hydrogen (secondary N) is 2. The summed E-state index contributed by atoms with van der Waals surface area (Å²) in [5.74, 6) is 2.13. The third-order valence-electron chi connectivity index (χ3n) is 4.93. The van der Waals surface area contributed by atoms with Crippen molar-refractivity contribution in [2.24, 2.45) is 0 Å². The van der Waals surface area contributed by atoms with Crippen molar-refractivity contribution < 1.29 is 14.3 Å². The van der Waals surface area contributed by atoms with Crippen molar-refractivity contribution in [1.82, 2.24) is 9.97 Å². The third-order valence-corrected chi connectivity index (χ3v) is 4.93. The fraction of sp³-hybridized carbons (Fsp3) is 0.476. The van der Waals surface area contributed by atoms with Crippen molar-refractivity contribution >= 4 is 17.4 Å². The number of hydrogen-bond acceptors (Lipinski definition) is 6. The van der Waals surface area contributed by atoms with Gasteiger partial charge in [0.1, 0.15) is 28.8 Å². The first-order chi connectivity index (χ1) is 13.6. The van der Waals surface area contributed by atoms with E-state index in [4.69, 9.17) is 9.47 Å². The van der Waals surface area contributed by atoms with Crippen molar-refractivity contribution in [3.05, 3.63) is 35.8 Å². The predicted octanol–water partition coefficient (Wildman–Crippen LogP) is 4.19. The number of ether oxygens (including phenoxy) is 2. The minimum absolute atomic E-state index is 0.308. The van der Waals surface area contributed by atoms with Gasteiger partial charge in [-0.2, -0.15) is 0 Å². The number of amides is 1. The van der Waals surface area contributed by atoms with E-state index in [2.05, 4.69) is 20.6 Å². The van der Waals surface area contributed by atoms with Crippen molar-refractivity contribution in [1.29, 1.82) is 0 Å². The Labute approximate surface area is 165 Å². The van der Waals surface area contributed by atoms with Crippen molar-refractivity contribution in [3.63, 3.8) is 0 Å². The molecule has 150 valence electrons. The minimum atomic E-state index is -0.308. The highest BCUT2D eigenvalue weighted by Crippen LogP contribution is 2.29. The molecular formula is C21H28N4O3. The highest BCUT2D eigenvalue weighted by atomic mass is 16.5. The molecule has 7 nitrogen and oxygen atoms in total. The Morgan fingerprint density at radius 1 is 1.04 bits per heavy atom. The summed E-state index contributed by atoms with van der Waals surface area (Å²) in [6.45, 7) is 1.79. The van der Waals surface area contributed by atoms with Crippen LogP contribution in [0.3, 0.4) is 0 Å². The molecule has 0 aliphatic heterocycles. The third kappa shape index (κ3) is 5.12. The van der Waals surface area contributed by atoms with Gasteiger partial charge in [-0.3, -0.25) is 4.79 Å². The molecule has 0 spiro atoms. The van der Waals surface area contributed by atoms with E-state index in [-0.39, 0.29) is 5.91 Å². The number of carbonyl (C=O) groups excluding carboxylic acids is 1. The van der Waals surface area contributed by atoms with E-state index in [1.54, 1.807) is 45.4 Å². The first kappa shape index (κ1) is 19.9. The maximum atomic E-state index is 12.8. The van der Waals surface area contributed by atoms with Crippen LogP contribution in [0, 0.1) is 6.92 Å². The fourth-order valence-corrected chi connectivity index (χ4v) is 3.48. The molecule has 0 unspecified atom stereocenters. The van der Waals surface area contributed by atoms with E-state index in [0.717, 1.165) is 12.8 Å². The van der Waals surface area contributed by atoms with Gasteiger partial charge in [0.2, 0.25) is 0 Å². The van der Waals surface area contributed by atoms with E-state index in [9.17, 15) is 4.79 Å². The highest BCUT2D eigenvalue weighted by molar-refractivity contribution is 6.04. The summed E-state index contributed by atoms with van der Waals surface area (Å²) in [4.78, 5) is 21.5. The average Bonchev–Trinajstić information content (AvgIpc) is 2.96. The lowest BCUT2D eigenvalue weighted by molar-refractivity contribution is 0.102. The van der Waals surface area contributed by atoms with E-state index < -0.39 is 0 Å². The Bertz CT molecular complexity index is 817. The molecule has 2 N–H and O–H groups in total. The normalized spacial score (nSPS) is 14.8. The summed E-state index contributed by atoms with van der Waals surface area (Å²) < 4.78 is 10.5. The molecule has 1 heterocycles. The number of anilines is 2. The molecule has 0 saturated heterocycles. The van der Waals surface area contributed by atoms with Crippen LogP contribution in [-0.2, 0) is 0 Å². The van der Waals surface area contributed by atoms with Gasteiger partial charge in [-0.15, -0.1) is 0 Å². The molecule has 0 radical (unpaired) electrons. The van der Waals surface area contributed by atoms with E-state index in [1.807, 2.05) is 0 Å². The van der Waals surface area contributed by atoms with Crippen LogP contribution < -0.4 is 20.1 Å². The molecule has 1 fully saturated rings. The monoisotopic (exact) mass is 384 g/mol. The van der Waals surface area contributed by atoms with E-state index in [0.29, 0.717) is 40.6 Å². The lowest BCUT2D eigenvalue weighted by Crippen LogP contribution is -2.21. The Balaban J connectivity index is 1.75. The topological polar surface area (TPSA) is 85.4 Å². The van der Waals surface area contributed by atoms with Crippen LogP contribution in [0.1, 0.15) is 54.8 Å². The van der Waals surface area contributed by atoms with Crippen LogP contribution in [0.2, 0.25) is 0 Å². The molecule has 1 amide bonds. The van der Waals surface area contributed by atoms with Gasteiger partial charge in [-0.1, -0.05) is 25.7 Å². The molecule has 1 aliphatic rings. The molecule has 1 aromatic heterocycles. The Hall–Kier alpha value is -2.83. The molecule has 0 atom stereocenters. The molecule has 0 bridgehead atoms. The molecule has 28 heavy (non-hydrogen) atoms. The minimum Gasteiger partial charge on any atom is -0.497 e. The molecule has 2 aromatic rings. The summed E-state index contributed by atoms with van der Waals surface area (Å²) in [5, 5.41) is 6.35. The van der Waals surface area contributed by atoms with Crippen LogP contribution in [0.4, 0.5) is 11.5 Å². The van der Waals surface area contributed by atoms with Gasteiger partial charge in [-0.05, 0) is 31.9 Å². The molecule has 3 rings (SSSR count). The van der Waals surface area contributed by atoms with Gasteiger partial charge in [0.15, 0.2) is 0 Å². The molecule has 1 aromatic carbocycles. The summed E-state index contributed by atoms with van der Waals surface area (Å²) >= 11 is 0. The second kappa shape index (κ2) is 9.39. The number of methoxy groups -OCH3 is 2. The van der Waals surface area contributed by atoms with Crippen molar-refractivity contribution in [2.75, 3.05) is 24.9 Å². The molecule has 7 heteroatoms. The molecule has 1 aliphatic carbocycles. The number of nitrogens with zero attached hydrogens (tertiary/aromatic N) is 2. The number of benzene rings is 1. The predicted molar refractivity (Wildman–Crippen MR) is 109 cm³/mol. The Morgan fingerprint density at radius 3 is 2.46 bits per heavy atom. The largest absolute Gasteiger partial charge is 0.497 e. The first-order valence-electron chi connectivity index (χ1n) is 9.74. The van der Waals surface area contributed by atoms with Crippen LogP contribution in [-0.4, -0.2) is 36.1 Å². The Kier molecular flexibility index (Phi) is 6.68. The molecular weight excluding hydrogens is 356 g/mol. The first-order valence-corrected chi connectivity index (χ1v) is 9.74. The van der Waals surface area contributed by atoms with Gasteiger partial charge in [-0.25, -0.2) is 9.97 Å². The van der Waals surface area contributed by atoms with E-state index in [1.165, 1.54) is 25.7 Å². The maximum Gasteiger partial charge on any atom is 0.274 e. The Morgan fingerprint density at radius 2 is 1.79 bits per heavy atom. The number of rotatable bonds is 6. The fourth-order valence-electron chi connectivity index (χ4n) is 3.48. The number of aromatic nitrogens is 2. The summed E-state index contributed by atoms with van der Waals surface area (Å²) in [5.41, 5.74) is 0.879. The lowest BCUT2D eigenvalue weighted by Gasteiger charge is -2.17. The lowest BCUT2D eigenvalue weighted by atomic mass is 10.1. The zero-order chi connectivity index (χ0) is 19.9. The standard InChI is InChI=1S/C21H28N4O3/c1-14-22-18(13-20(23-14)24-15-8-6-4-5-7-9-15)21(26)25-17-11-10-16(27-2)12-19(17)28-3/h10-13,15H,4-9H2,1-3H3,(H,25,26)(H,22,23,24). The van der Waals surface area contributed by atoms with Gasteiger partial charge in [0, 0.05) is 18.2 Å². The second-order valence-electron chi connectivity index (χ2n) is 7.04. The van der Waals surface area contributed by atoms with E-state index >= 15 is 0 Å².